The molecule has 2 heterocycles. The Morgan fingerprint density at radius 2 is 1.67 bits per heavy atom. The molecule has 5 nitrogen and oxygen atoms in total. The van der Waals surface area contributed by atoms with Crippen LogP contribution in [-0.2, 0) is 4.79 Å². The first-order valence-electron chi connectivity index (χ1n) is 10.1. The molecule has 4 rings (SSSR count). The number of hydrogen-bond donors (Lipinski definition) is 1. The summed E-state index contributed by atoms with van der Waals surface area (Å²) in [5, 5.41) is 3.66. The Morgan fingerprint density at radius 1 is 0.963 bits per heavy atom. The summed E-state index contributed by atoms with van der Waals surface area (Å²) in [5.74, 6) is 1.03. The molecule has 0 spiro atoms. The van der Waals surface area contributed by atoms with Crippen molar-refractivity contribution < 1.29 is 9.59 Å². The molecule has 3 aliphatic rings. The van der Waals surface area contributed by atoms with E-state index in [-0.39, 0.29) is 30.3 Å². The summed E-state index contributed by atoms with van der Waals surface area (Å²) in [6.07, 6.45) is 6.50. The van der Waals surface area contributed by atoms with Crippen molar-refractivity contribution in [2.45, 2.75) is 50.6 Å². The van der Waals surface area contributed by atoms with Gasteiger partial charge in [-0.3, -0.25) is 9.59 Å². The van der Waals surface area contributed by atoms with Gasteiger partial charge in [-0.25, -0.2) is 0 Å². The molecule has 2 aliphatic heterocycles. The first kappa shape index (κ1) is 20.2. The number of rotatable bonds is 5. The molecular weight excluding hydrogens is 362 g/mol. The Labute approximate surface area is 167 Å². The van der Waals surface area contributed by atoms with Crippen molar-refractivity contribution in [2.75, 3.05) is 26.2 Å². The Bertz CT molecular complexity index is 642. The number of carbonyl (C=O) groups is 2. The Balaban J connectivity index is 0.00000210. The molecule has 1 aliphatic carbocycles. The zero-order valence-electron chi connectivity index (χ0n) is 15.8. The smallest absolute Gasteiger partial charge is 0.254 e. The van der Waals surface area contributed by atoms with Gasteiger partial charge in [-0.15, -0.1) is 12.4 Å². The molecule has 2 saturated heterocycles. The van der Waals surface area contributed by atoms with E-state index >= 15 is 0 Å². The van der Waals surface area contributed by atoms with Crippen molar-refractivity contribution in [3.63, 3.8) is 0 Å². The highest BCUT2D eigenvalue weighted by atomic mass is 35.5. The largest absolute Gasteiger partial charge is 0.341 e. The number of nitrogens with one attached hydrogen (secondary N) is 1. The second kappa shape index (κ2) is 9.07. The van der Waals surface area contributed by atoms with Gasteiger partial charge in [-0.1, -0.05) is 18.2 Å². The van der Waals surface area contributed by atoms with Crippen molar-refractivity contribution >= 4 is 24.2 Å². The summed E-state index contributed by atoms with van der Waals surface area (Å²) in [5.41, 5.74) is 0.676. The first-order chi connectivity index (χ1) is 12.7. The minimum Gasteiger partial charge on any atom is -0.341 e. The molecule has 0 aromatic heterocycles. The van der Waals surface area contributed by atoms with Crippen molar-refractivity contribution in [1.82, 2.24) is 15.1 Å². The van der Waals surface area contributed by atoms with Gasteiger partial charge in [0.25, 0.3) is 5.91 Å². The highest BCUT2D eigenvalue weighted by Crippen LogP contribution is 2.28. The second-order valence-corrected chi connectivity index (χ2v) is 7.97. The van der Waals surface area contributed by atoms with Crippen LogP contribution < -0.4 is 5.32 Å². The SMILES string of the molecule is Cl.O=C(C1CCCN1C(=O)c1ccccc1)N1CCC(NCC2CC2)CC1. The van der Waals surface area contributed by atoms with Gasteiger partial charge in [0.2, 0.25) is 5.91 Å². The van der Waals surface area contributed by atoms with Gasteiger partial charge in [-0.2, -0.15) is 0 Å². The fourth-order valence-corrected chi connectivity index (χ4v) is 4.18. The Hall–Kier alpha value is -1.59. The lowest BCUT2D eigenvalue weighted by Gasteiger charge is -2.36. The molecular formula is C21H30ClN3O2. The number of halogens is 1. The van der Waals surface area contributed by atoms with Crippen molar-refractivity contribution in [1.29, 1.82) is 0 Å². The molecule has 1 atom stereocenters. The van der Waals surface area contributed by atoms with Crippen molar-refractivity contribution in [2.24, 2.45) is 5.92 Å². The summed E-state index contributed by atoms with van der Waals surface area (Å²) in [7, 11) is 0. The van der Waals surface area contributed by atoms with Crippen LogP contribution >= 0.6 is 12.4 Å². The lowest BCUT2D eigenvalue weighted by molar-refractivity contribution is -0.136. The molecule has 3 fully saturated rings. The summed E-state index contributed by atoms with van der Waals surface area (Å²) in [4.78, 5) is 29.6. The second-order valence-electron chi connectivity index (χ2n) is 7.97. The van der Waals surface area contributed by atoms with Gasteiger partial charge in [0, 0.05) is 31.2 Å². The number of nitrogens with zero attached hydrogens (tertiary/aromatic N) is 2. The number of amides is 2. The van der Waals surface area contributed by atoms with Gasteiger partial charge < -0.3 is 15.1 Å². The number of benzene rings is 1. The molecule has 1 aromatic rings. The predicted molar refractivity (Wildman–Crippen MR) is 108 cm³/mol. The lowest BCUT2D eigenvalue weighted by atomic mass is 10.0. The van der Waals surface area contributed by atoms with Crippen LogP contribution in [-0.4, -0.2) is 59.9 Å². The molecule has 1 saturated carbocycles. The van der Waals surface area contributed by atoms with Crippen LogP contribution in [0.25, 0.3) is 0 Å². The number of hydrogen-bond acceptors (Lipinski definition) is 3. The monoisotopic (exact) mass is 391 g/mol. The van der Waals surface area contributed by atoms with Gasteiger partial charge >= 0.3 is 0 Å². The Morgan fingerprint density at radius 3 is 2.33 bits per heavy atom. The van der Waals surface area contributed by atoms with Crippen LogP contribution in [0.2, 0.25) is 0 Å². The van der Waals surface area contributed by atoms with E-state index in [1.807, 2.05) is 35.2 Å². The molecule has 1 unspecified atom stereocenters. The topological polar surface area (TPSA) is 52.7 Å². The number of piperidine rings is 1. The van der Waals surface area contributed by atoms with E-state index in [1.54, 1.807) is 4.90 Å². The zero-order chi connectivity index (χ0) is 17.9. The minimum absolute atomic E-state index is 0. The summed E-state index contributed by atoms with van der Waals surface area (Å²) in [6, 6.07) is 9.59. The molecule has 0 radical (unpaired) electrons. The molecule has 0 bridgehead atoms. The Kier molecular flexibility index (Phi) is 6.77. The third-order valence-electron chi connectivity index (χ3n) is 6.02. The van der Waals surface area contributed by atoms with Crippen molar-refractivity contribution in [3.05, 3.63) is 35.9 Å². The number of carbonyl (C=O) groups excluding carboxylic acids is 2. The lowest BCUT2D eigenvalue weighted by Crippen LogP contribution is -2.52. The average Bonchev–Trinajstić information content (AvgIpc) is 3.40. The maximum Gasteiger partial charge on any atom is 0.254 e. The van der Waals surface area contributed by atoms with E-state index in [0.29, 0.717) is 18.2 Å². The molecule has 27 heavy (non-hydrogen) atoms. The molecule has 1 N–H and O–H groups in total. The van der Waals surface area contributed by atoms with Crippen LogP contribution in [0, 0.1) is 5.92 Å². The predicted octanol–water partition coefficient (Wildman–Crippen LogP) is 2.70. The standard InChI is InChI=1S/C21H29N3O2.ClH/c25-20(17-5-2-1-3-6-17)24-12-4-7-19(24)21(26)23-13-10-18(11-14-23)22-15-16-8-9-16;/h1-3,5-6,16,18-19,22H,4,7-15H2;1H. The molecule has 6 heteroatoms. The fraction of sp³-hybridized carbons (Fsp3) is 0.619. The van der Waals surface area contributed by atoms with Gasteiger partial charge in [0.15, 0.2) is 0 Å². The maximum absolute atomic E-state index is 13.0. The highest BCUT2D eigenvalue weighted by Gasteiger charge is 2.37. The average molecular weight is 392 g/mol. The third-order valence-corrected chi connectivity index (χ3v) is 6.02. The van der Waals surface area contributed by atoms with Crippen molar-refractivity contribution in [3.8, 4) is 0 Å². The summed E-state index contributed by atoms with van der Waals surface area (Å²) in [6.45, 7) is 3.44. The van der Waals surface area contributed by atoms with E-state index in [9.17, 15) is 9.59 Å². The van der Waals surface area contributed by atoms with Crippen LogP contribution in [0.4, 0.5) is 0 Å². The normalized spacial score (nSPS) is 23.2. The van der Waals surface area contributed by atoms with Gasteiger partial charge in [-0.05, 0) is 63.1 Å². The van der Waals surface area contributed by atoms with E-state index in [2.05, 4.69) is 5.32 Å². The summed E-state index contributed by atoms with van der Waals surface area (Å²) >= 11 is 0. The van der Waals surface area contributed by atoms with Crippen LogP contribution in [0.15, 0.2) is 30.3 Å². The number of likely N-dealkylation sites (tertiary alicyclic amines) is 2. The first-order valence-corrected chi connectivity index (χ1v) is 10.1. The molecule has 148 valence electrons. The van der Waals surface area contributed by atoms with E-state index < -0.39 is 0 Å². The minimum atomic E-state index is -0.279. The highest BCUT2D eigenvalue weighted by molar-refractivity contribution is 5.98. The summed E-state index contributed by atoms with van der Waals surface area (Å²) < 4.78 is 0. The van der Waals surface area contributed by atoms with Gasteiger partial charge in [0.05, 0.1) is 0 Å². The van der Waals surface area contributed by atoms with E-state index in [4.69, 9.17) is 0 Å². The van der Waals surface area contributed by atoms with E-state index in [0.717, 1.165) is 51.2 Å². The zero-order valence-corrected chi connectivity index (χ0v) is 16.6. The quantitative estimate of drug-likeness (QED) is 0.839. The third kappa shape index (κ3) is 4.82. The van der Waals surface area contributed by atoms with Gasteiger partial charge in [0.1, 0.15) is 6.04 Å². The molecule has 1 aromatic carbocycles. The maximum atomic E-state index is 13.0. The van der Waals surface area contributed by atoms with Crippen LogP contribution in [0.1, 0.15) is 48.9 Å². The van der Waals surface area contributed by atoms with E-state index in [1.165, 1.54) is 12.8 Å². The van der Waals surface area contributed by atoms with Crippen LogP contribution in [0.3, 0.4) is 0 Å². The fourth-order valence-electron chi connectivity index (χ4n) is 4.18. The molecule has 2 amide bonds. The van der Waals surface area contributed by atoms with Crippen LogP contribution in [0.5, 0.6) is 0 Å².